The van der Waals surface area contributed by atoms with Gasteiger partial charge >= 0.3 is 0 Å². The van der Waals surface area contributed by atoms with Crippen LogP contribution in [0, 0.1) is 0 Å². The van der Waals surface area contributed by atoms with Crippen LogP contribution in [0.5, 0.6) is 0 Å². The molecule has 1 aliphatic rings. The second-order valence-corrected chi connectivity index (χ2v) is 4.50. The predicted molar refractivity (Wildman–Crippen MR) is 63.3 cm³/mol. The summed E-state index contributed by atoms with van der Waals surface area (Å²) in [5.74, 6) is 0.636. The summed E-state index contributed by atoms with van der Waals surface area (Å²) in [6.07, 6.45) is 2.20. The Labute approximate surface area is 96.1 Å². The maximum Gasteiger partial charge on any atom is 0.0607 e. The molecule has 1 saturated carbocycles. The van der Waals surface area contributed by atoms with Crippen LogP contribution in [0.3, 0.4) is 0 Å². The Morgan fingerprint density at radius 3 is 2.31 bits per heavy atom. The van der Waals surface area contributed by atoms with E-state index in [9.17, 15) is 0 Å². The van der Waals surface area contributed by atoms with Crippen molar-refractivity contribution in [1.82, 2.24) is 5.32 Å². The molecule has 0 saturated heterocycles. The van der Waals surface area contributed by atoms with Crippen molar-refractivity contribution >= 4 is 0 Å². The van der Waals surface area contributed by atoms with Crippen molar-refractivity contribution in [2.45, 2.75) is 30.8 Å². The molecule has 0 heterocycles. The van der Waals surface area contributed by atoms with Gasteiger partial charge in [0.2, 0.25) is 0 Å². The smallest absolute Gasteiger partial charge is 0.0607 e. The lowest BCUT2D eigenvalue weighted by atomic mass is 9.75. The van der Waals surface area contributed by atoms with E-state index in [-0.39, 0.29) is 19.3 Å². The number of rotatable bonds is 5. The van der Waals surface area contributed by atoms with Crippen molar-refractivity contribution in [1.29, 1.82) is 0 Å². The molecule has 1 aromatic rings. The van der Waals surface area contributed by atoms with Gasteiger partial charge in [0.1, 0.15) is 0 Å². The summed E-state index contributed by atoms with van der Waals surface area (Å²) in [7, 11) is 0. The van der Waals surface area contributed by atoms with Gasteiger partial charge in [0.25, 0.3) is 0 Å². The Balaban J connectivity index is 1.78. The Morgan fingerprint density at radius 2 is 1.75 bits per heavy atom. The van der Waals surface area contributed by atoms with Gasteiger partial charge in [0, 0.05) is 6.04 Å². The average Bonchev–Trinajstić information content (AvgIpc) is 2.29. The van der Waals surface area contributed by atoms with Crippen LogP contribution in [0.15, 0.2) is 30.3 Å². The molecule has 0 amide bonds. The molecule has 16 heavy (non-hydrogen) atoms. The highest BCUT2D eigenvalue weighted by Crippen LogP contribution is 2.36. The van der Waals surface area contributed by atoms with Crippen molar-refractivity contribution in [3.63, 3.8) is 0 Å². The summed E-state index contributed by atoms with van der Waals surface area (Å²) in [5.41, 5.74) is 1.39. The average molecular weight is 221 g/mol. The van der Waals surface area contributed by atoms with Crippen LogP contribution in [-0.4, -0.2) is 35.5 Å². The van der Waals surface area contributed by atoms with E-state index < -0.39 is 0 Å². The summed E-state index contributed by atoms with van der Waals surface area (Å²) >= 11 is 0. The fourth-order valence-corrected chi connectivity index (χ4v) is 2.25. The molecular weight excluding hydrogens is 202 g/mol. The van der Waals surface area contributed by atoms with Crippen molar-refractivity contribution in [3.05, 3.63) is 35.9 Å². The number of aliphatic hydroxyl groups is 2. The van der Waals surface area contributed by atoms with Gasteiger partial charge in [-0.2, -0.15) is 0 Å². The lowest BCUT2D eigenvalue weighted by molar-refractivity contribution is 0.142. The van der Waals surface area contributed by atoms with Crippen LogP contribution in [0.1, 0.15) is 24.3 Å². The van der Waals surface area contributed by atoms with E-state index in [4.69, 9.17) is 10.2 Å². The molecule has 1 aliphatic carbocycles. The third-order valence-corrected chi connectivity index (χ3v) is 3.32. The molecule has 0 radical (unpaired) electrons. The van der Waals surface area contributed by atoms with Gasteiger partial charge in [-0.1, -0.05) is 30.3 Å². The first-order valence-electron chi connectivity index (χ1n) is 5.86. The van der Waals surface area contributed by atoms with Crippen molar-refractivity contribution in [2.75, 3.05) is 13.2 Å². The summed E-state index contributed by atoms with van der Waals surface area (Å²) in [6.45, 7) is 0.00596. The van der Waals surface area contributed by atoms with Crippen LogP contribution in [0.2, 0.25) is 0 Å². The second kappa shape index (κ2) is 5.43. The van der Waals surface area contributed by atoms with Gasteiger partial charge in [0.15, 0.2) is 0 Å². The maximum atomic E-state index is 8.95. The highest BCUT2D eigenvalue weighted by molar-refractivity contribution is 5.22. The van der Waals surface area contributed by atoms with Gasteiger partial charge in [0.05, 0.1) is 19.3 Å². The molecule has 3 nitrogen and oxygen atoms in total. The fraction of sp³-hybridized carbons (Fsp3) is 0.538. The zero-order chi connectivity index (χ0) is 11.4. The first-order valence-corrected chi connectivity index (χ1v) is 5.86. The van der Waals surface area contributed by atoms with Crippen molar-refractivity contribution < 1.29 is 10.2 Å². The molecule has 0 aromatic heterocycles. The monoisotopic (exact) mass is 221 g/mol. The number of aliphatic hydroxyl groups excluding tert-OH is 2. The summed E-state index contributed by atoms with van der Waals surface area (Å²) < 4.78 is 0. The minimum atomic E-state index is -0.165. The zero-order valence-corrected chi connectivity index (χ0v) is 9.34. The van der Waals surface area contributed by atoms with Gasteiger partial charge in [-0.15, -0.1) is 0 Å². The van der Waals surface area contributed by atoms with E-state index in [0.717, 1.165) is 12.8 Å². The lowest BCUT2D eigenvalue weighted by Crippen LogP contribution is -2.48. The van der Waals surface area contributed by atoms with Crippen LogP contribution in [0.25, 0.3) is 0 Å². The van der Waals surface area contributed by atoms with E-state index in [1.165, 1.54) is 5.56 Å². The Morgan fingerprint density at radius 1 is 1.12 bits per heavy atom. The standard InChI is InChI=1S/C13H19NO2/c15-8-13(9-16)14-12-6-11(7-12)10-4-2-1-3-5-10/h1-5,11-16H,6-9H2. The summed E-state index contributed by atoms with van der Waals surface area (Å²) in [4.78, 5) is 0. The molecule has 88 valence electrons. The minimum absolute atomic E-state index is 0.00298. The van der Waals surface area contributed by atoms with Crippen molar-refractivity contribution in [3.8, 4) is 0 Å². The summed E-state index contributed by atoms with van der Waals surface area (Å²) in [6, 6.07) is 10.8. The molecule has 0 spiro atoms. The molecule has 0 bridgehead atoms. The van der Waals surface area contributed by atoms with Crippen LogP contribution >= 0.6 is 0 Å². The summed E-state index contributed by atoms with van der Waals surface area (Å²) in [5, 5.41) is 21.2. The Hall–Kier alpha value is -0.900. The highest BCUT2D eigenvalue weighted by atomic mass is 16.3. The first kappa shape index (κ1) is 11.6. The SMILES string of the molecule is OCC(CO)NC1CC(c2ccccc2)C1. The number of hydrogen-bond acceptors (Lipinski definition) is 3. The normalized spacial score (nSPS) is 24.4. The lowest BCUT2D eigenvalue weighted by Gasteiger charge is -2.38. The Bertz CT molecular complexity index is 305. The van der Waals surface area contributed by atoms with E-state index in [1.807, 2.05) is 6.07 Å². The van der Waals surface area contributed by atoms with Gasteiger partial charge < -0.3 is 15.5 Å². The third kappa shape index (κ3) is 2.61. The van der Waals surface area contributed by atoms with Crippen LogP contribution in [0.4, 0.5) is 0 Å². The topological polar surface area (TPSA) is 52.5 Å². The molecule has 0 atom stereocenters. The molecule has 3 N–H and O–H groups in total. The maximum absolute atomic E-state index is 8.95. The first-order chi connectivity index (χ1) is 7.83. The van der Waals surface area contributed by atoms with Gasteiger partial charge in [-0.25, -0.2) is 0 Å². The van der Waals surface area contributed by atoms with Crippen LogP contribution in [-0.2, 0) is 0 Å². The number of benzene rings is 1. The number of nitrogens with one attached hydrogen (secondary N) is 1. The van der Waals surface area contributed by atoms with Crippen molar-refractivity contribution in [2.24, 2.45) is 0 Å². The molecule has 1 aromatic carbocycles. The second-order valence-electron chi connectivity index (χ2n) is 4.50. The van der Waals surface area contributed by atoms with Crippen LogP contribution < -0.4 is 5.32 Å². The zero-order valence-electron chi connectivity index (χ0n) is 9.34. The largest absolute Gasteiger partial charge is 0.395 e. The molecule has 0 unspecified atom stereocenters. The molecule has 1 fully saturated rings. The quantitative estimate of drug-likeness (QED) is 0.691. The highest BCUT2D eigenvalue weighted by Gasteiger charge is 2.31. The minimum Gasteiger partial charge on any atom is -0.395 e. The van der Waals surface area contributed by atoms with Gasteiger partial charge in [-0.3, -0.25) is 0 Å². The fourth-order valence-electron chi connectivity index (χ4n) is 2.25. The predicted octanol–water partition coefficient (Wildman–Crippen LogP) is 0.875. The van der Waals surface area contributed by atoms with E-state index in [0.29, 0.717) is 12.0 Å². The van der Waals surface area contributed by atoms with E-state index >= 15 is 0 Å². The molecule has 0 aliphatic heterocycles. The molecular formula is C13H19NO2. The van der Waals surface area contributed by atoms with E-state index in [1.54, 1.807) is 0 Å². The third-order valence-electron chi connectivity index (χ3n) is 3.32. The molecule has 2 rings (SSSR count). The number of hydrogen-bond donors (Lipinski definition) is 3. The Kier molecular flexibility index (Phi) is 3.93. The van der Waals surface area contributed by atoms with E-state index in [2.05, 4.69) is 29.6 Å². The molecule has 3 heteroatoms. The van der Waals surface area contributed by atoms with Gasteiger partial charge in [-0.05, 0) is 24.3 Å².